The quantitative estimate of drug-likeness (QED) is 0.250. The number of carbonyl (C=O) groups excluding carboxylic acids is 1. The van der Waals surface area contributed by atoms with Crippen LogP contribution >= 0.6 is 11.8 Å². The van der Waals surface area contributed by atoms with Crippen LogP contribution < -0.4 is 21.1 Å². The predicted octanol–water partition coefficient (Wildman–Crippen LogP) is 4.28. The summed E-state index contributed by atoms with van der Waals surface area (Å²) < 4.78 is 32.9. The number of carbonyl (C=O) groups is 1. The smallest absolute Gasteiger partial charge is 0.263 e. The molecule has 0 bridgehead atoms. The number of aromatic amines is 2. The second-order valence-electron chi connectivity index (χ2n) is 10.5. The third-order valence-corrected chi connectivity index (χ3v) is 8.53. The summed E-state index contributed by atoms with van der Waals surface area (Å²) >= 11 is 0.916. The number of H-pyrrole nitrogens is 2. The van der Waals surface area contributed by atoms with E-state index in [1.165, 1.54) is 0 Å². The minimum absolute atomic E-state index is 0.177. The van der Waals surface area contributed by atoms with E-state index in [1.807, 2.05) is 18.2 Å². The number of amides is 1. The van der Waals surface area contributed by atoms with Crippen LogP contribution in [0.1, 0.15) is 23.2 Å². The van der Waals surface area contributed by atoms with E-state index in [0.29, 0.717) is 29.8 Å². The van der Waals surface area contributed by atoms with Gasteiger partial charge in [0.2, 0.25) is 0 Å². The molecule has 4 heterocycles. The molecule has 0 spiro atoms. The molecule has 4 N–H and O–H groups in total. The van der Waals surface area contributed by atoms with Gasteiger partial charge in [-0.2, -0.15) is 5.10 Å². The monoisotopic (exact) mass is 595 g/mol. The van der Waals surface area contributed by atoms with Crippen LogP contribution in [-0.4, -0.2) is 78.5 Å². The van der Waals surface area contributed by atoms with Gasteiger partial charge < -0.3 is 30.2 Å². The van der Waals surface area contributed by atoms with Crippen LogP contribution in [0, 0.1) is 11.6 Å². The first kappa shape index (κ1) is 28.2. The molecule has 2 saturated heterocycles. The molecule has 220 valence electrons. The molecule has 13 heteroatoms. The molecule has 10 nitrogen and oxygen atoms in total. The SMILES string of the molecule is CN1CCN(c2ccc(C(=O)Nc3n[nH]c4[nH]c(=O)c(Sc5cc(F)cc(F)c5)cc34)c(NC3CCOCC3)c2)CC1. The van der Waals surface area contributed by atoms with E-state index in [0.717, 1.165) is 80.4 Å². The van der Waals surface area contributed by atoms with Gasteiger partial charge in [0.25, 0.3) is 11.5 Å². The minimum Gasteiger partial charge on any atom is -0.381 e. The van der Waals surface area contributed by atoms with Gasteiger partial charge in [0.05, 0.1) is 15.8 Å². The third kappa shape index (κ3) is 6.27. The highest BCUT2D eigenvalue weighted by Gasteiger charge is 2.22. The highest BCUT2D eigenvalue weighted by Crippen LogP contribution is 2.31. The molecule has 0 unspecified atom stereocenters. The molecular weight excluding hydrogens is 564 g/mol. The molecule has 2 aliphatic heterocycles. The number of hydrogen-bond donors (Lipinski definition) is 4. The van der Waals surface area contributed by atoms with Gasteiger partial charge in [0.1, 0.15) is 17.3 Å². The number of fused-ring (bicyclic) bond motifs is 1. The Labute approximate surface area is 244 Å². The van der Waals surface area contributed by atoms with Crippen LogP contribution in [0.3, 0.4) is 0 Å². The number of hydrogen-bond acceptors (Lipinski definition) is 8. The van der Waals surface area contributed by atoms with E-state index in [2.05, 4.69) is 42.7 Å². The van der Waals surface area contributed by atoms with Crippen molar-refractivity contribution in [3.05, 3.63) is 70.0 Å². The average Bonchev–Trinajstić information content (AvgIpc) is 3.34. The van der Waals surface area contributed by atoms with Crippen LogP contribution in [0.5, 0.6) is 0 Å². The maximum absolute atomic E-state index is 13.7. The molecule has 0 saturated carbocycles. The molecule has 2 aromatic carbocycles. The molecule has 42 heavy (non-hydrogen) atoms. The van der Waals surface area contributed by atoms with Gasteiger partial charge in [-0.05, 0) is 56.3 Å². The Morgan fingerprint density at radius 2 is 1.79 bits per heavy atom. The fraction of sp³-hybridized carbons (Fsp3) is 0.345. The number of ether oxygens (including phenoxy) is 1. The highest BCUT2D eigenvalue weighted by atomic mass is 32.2. The van der Waals surface area contributed by atoms with E-state index in [9.17, 15) is 18.4 Å². The molecule has 6 rings (SSSR count). The van der Waals surface area contributed by atoms with Crippen LogP contribution in [-0.2, 0) is 4.74 Å². The van der Waals surface area contributed by atoms with E-state index in [-0.39, 0.29) is 27.6 Å². The lowest BCUT2D eigenvalue weighted by Gasteiger charge is -2.34. The first-order chi connectivity index (χ1) is 20.3. The zero-order valence-electron chi connectivity index (χ0n) is 23.0. The number of nitrogens with one attached hydrogen (secondary N) is 4. The van der Waals surface area contributed by atoms with Gasteiger partial charge >= 0.3 is 0 Å². The van der Waals surface area contributed by atoms with Crippen molar-refractivity contribution < 1.29 is 18.3 Å². The van der Waals surface area contributed by atoms with Crippen molar-refractivity contribution in [2.75, 3.05) is 62.0 Å². The molecular formula is C29H31F2N7O3S. The number of rotatable bonds is 7. The van der Waals surface area contributed by atoms with Crippen molar-refractivity contribution in [2.45, 2.75) is 28.7 Å². The minimum atomic E-state index is -0.741. The van der Waals surface area contributed by atoms with E-state index < -0.39 is 17.2 Å². The topological polar surface area (TPSA) is 118 Å². The lowest BCUT2D eigenvalue weighted by atomic mass is 10.1. The summed E-state index contributed by atoms with van der Waals surface area (Å²) in [6.07, 6.45) is 1.68. The number of aromatic nitrogens is 3. The first-order valence-electron chi connectivity index (χ1n) is 13.8. The summed E-state index contributed by atoms with van der Waals surface area (Å²) in [7, 11) is 2.11. The lowest BCUT2D eigenvalue weighted by Crippen LogP contribution is -2.44. The van der Waals surface area contributed by atoms with Gasteiger partial charge in [-0.1, -0.05) is 11.8 Å². The summed E-state index contributed by atoms with van der Waals surface area (Å²) in [5.74, 6) is -1.63. The Balaban J connectivity index is 1.28. The number of likely N-dealkylation sites (N-methyl/N-ethyl adjacent to an activating group) is 1. The number of nitrogens with zero attached hydrogens (tertiary/aromatic N) is 3. The summed E-state index contributed by atoms with van der Waals surface area (Å²) in [6.45, 7) is 5.06. The zero-order chi connectivity index (χ0) is 29.2. The summed E-state index contributed by atoms with van der Waals surface area (Å²) in [4.78, 5) is 34.0. The molecule has 0 atom stereocenters. The maximum Gasteiger partial charge on any atom is 0.263 e. The Kier molecular flexibility index (Phi) is 8.13. The summed E-state index contributed by atoms with van der Waals surface area (Å²) in [6, 6.07) is 10.6. The summed E-state index contributed by atoms with van der Waals surface area (Å²) in [5.41, 5.74) is 2.10. The number of benzene rings is 2. The van der Waals surface area contributed by atoms with Crippen LogP contribution in [0.15, 0.2) is 57.1 Å². The van der Waals surface area contributed by atoms with Gasteiger partial charge in [0.15, 0.2) is 5.82 Å². The van der Waals surface area contributed by atoms with Gasteiger partial charge in [-0.15, -0.1) is 0 Å². The van der Waals surface area contributed by atoms with Crippen molar-refractivity contribution in [1.29, 1.82) is 0 Å². The number of piperazine rings is 1. The Morgan fingerprint density at radius 3 is 2.52 bits per heavy atom. The first-order valence-corrected chi connectivity index (χ1v) is 14.6. The van der Waals surface area contributed by atoms with Crippen molar-refractivity contribution in [3.8, 4) is 0 Å². The van der Waals surface area contributed by atoms with E-state index in [1.54, 1.807) is 6.07 Å². The number of pyridine rings is 1. The molecule has 1 amide bonds. The Bertz CT molecular complexity index is 1640. The molecule has 0 aliphatic carbocycles. The van der Waals surface area contributed by atoms with Crippen LogP contribution in [0.2, 0.25) is 0 Å². The van der Waals surface area contributed by atoms with Gasteiger partial charge in [-0.3, -0.25) is 14.7 Å². The molecule has 4 aromatic rings. The molecule has 0 radical (unpaired) electrons. The van der Waals surface area contributed by atoms with Gasteiger partial charge in [0, 0.05) is 67.8 Å². The van der Waals surface area contributed by atoms with Crippen molar-refractivity contribution in [2.24, 2.45) is 0 Å². The standard InChI is InChI=1S/C29H31F2N7O3S/c1-37-6-8-38(9-7-37)20-2-3-22(24(15-20)32-19-4-10-41-11-5-19)28(39)33-26-23-16-25(29(40)34-27(23)36-35-26)42-21-13-17(30)12-18(31)14-21/h2-3,12-16,19,32H,4-11H2,1H3,(H3,33,34,35,36,39,40). The zero-order valence-corrected chi connectivity index (χ0v) is 23.8. The molecule has 2 aliphatic rings. The normalized spacial score (nSPS) is 16.6. The number of anilines is 3. The van der Waals surface area contributed by atoms with Gasteiger partial charge in [-0.25, -0.2) is 8.78 Å². The third-order valence-electron chi connectivity index (χ3n) is 7.53. The predicted molar refractivity (Wildman–Crippen MR) is 159 cm³/mol. The van der Waals surface area contributed by atoms with Crippen molar-refractivity contribution in [3.63, 3.8) is 0 Å². The van der Waals surface area contributed by atoms with E-state index >= 15 is 0 Å². The fourth-order valence-electron chi connectivity index (χ4n) is 5.19. The fourth-order valence-corrected chi connectivity index (χ4v) is 6.11. The Hall–Kier alpha value is -3.94. The second kappa shape index (κ2) is 12.1. The second-order valence-corrected chi connectivity index (χ2v) is 11.7. The molecule has 2 aromatic heterocycles. The van der Waals surface area contributed by atoms with Crippen molar-refractivity contribution >= 4 is 45.9 Å². The Morgan fingerprint density at radius 1 is 1.05 bits per heavy atom. The lowest BCUT2D eigenvalue weighted by molar-refractivity contribution is 0.0904. The average molecular weight is 596 g/mol. The van der Waals surface area contributed by atoms with Crippen LogP contribution in [0.4, 0.5) is 26.0 Å². The van der Waals surface area contributed by atoms with Crippen LogP contribution in [0.25, 0.3) is 11.0 Å². The van der Waals surface area contributed by atoms with Crippen molar-refractivity contribution in [1.82, 2.24) is 20.1 Å². The maximum atomic E-state index is 13.7. The summed E-state index contributed by atoms with van der Waals surface area (Å²) in [5, 5.41) is 13.9. The highest BCUT2D eigenvalue weighted by molar-refractivity contribution is 7.99. The number of halogens is 2. The van der Waals surface area contributed by atoms with E-state index in [4.69, 9.17) is 4.74 Å². The molecule has 2 fully saturated rings. The largest absolute Gasteiger partial charge is 0.381 e.